The van der Waals surface area contributed by atoms with Gasteiger partial charge in [-0.15, -0.1) is 0 Å². The van der Waals surface area contributed by atoms with Crippen molar-refractivity contribution < 1.29 is 39.1 Å². The summed E-state index contributed by atoms with van der Waals surface area (Å²) >= 11 is 0. The summed E-state index contributed by atoms with van der Waals surface area (Å²) in [6, 6.07) is -0.462. The number of hydrogen-bond donors (Lipinski definition) is 5. The van der Waals surface area contributed by atoms with Crippen LogP contribution < -0.4 is 10.6 Å². The summed E-state index contributed by atoms with van der Waals surface area (Å²) in [6.45, 7) is 0.888. The number of hydrogen-bond acceptors (Lipinski definition) is 11. The highest BCUT2D eigenvalue weighted by molar-refractivity contribution is 5.83. The molecule has 0 spiro atoms. The number of anilines is 1. The highest BCUT2D eigenvalue weighted by atomic mass is 16.6. The fourth-order valence-corrected chi connectivity index (χ4v) is 5.77. The number of allylic oxidation sites excluding steroid dienone is 1. The summed E-state index contributed by atoms with van der Waals surface area (Å²) in [5.41, 5.74) is 0.877. The number of aromatic nitrogens is 4. The Kier molecular flexibility index (Phi) is 6.18. The van der Waals surface area contributed by atoms with Crippen LogP contribution >= 0.6 is 0 Å². The van der Waals surface area contributed by atoms with Crippen LogP contribution in [0.4, 0.5) is 10.6 Å². The summed E-state index contributed by atoms with van der Waals surface area (Å²) in [5, 5.41) is 36.7. The third-order valence-electron chi connectivity index (χ3n) is 7.65. The quantitative estimate of drug-likeness (QED) is 0.301. The SMILES string of the molecule is O=C(N[C@@H]1C2C=CC(C2)[C@@H]1C(=O)O)OC[C@H]1O[C@@H](n2cnc3c(N[C@@H]4CCOC4)ncnc32)[C@H](O)[C@H]1O. The van der Waals surface area contributed by atoms with Gasteiger partial charge in [0.05, 0.1) is 30.9 Å². The Labute approximate surface area is 210 Å². The van der Waals surface area contributed by atoms with Crippen molar-refractivity contribution in [2.24, 2.45) is 17.8 Å². The molecule has 14 heteroatoms. The van der Waals surface area contributed by atoms with Crippen LogP contribution in [0.1, 0.15) is 19.1 Å². The molecule has 2 aliphatic heterocycles. The van der Waals surface area contributed by atoms with Crippen LogP contribution in [0.25, 0.3) is 11.2 Å². The normalized spacial score (nSPS) is 36.3. The Morgan fingerprint density at radius 3 is 2.78 bits per heavy atom. The van der Waals surface area contributed by atoms with Crippen molar-refractivity contribution in [2.45, 2.75) is 49.5 Å². The summed E-state index contributed by atoms with van der Waals surface area (Å²) in [4.78, 5) is 37.0. The Balaban J connectivity index is 1.10. The topological polar surface area (TPSA) is 190 Å². The van der Waals surface area contributed by atoms with Gasteiger partial charge in [0.1, 0.15) is 31.2 Å². The second-order valence-electron chi connectivity index (χ2n) is 9.88. The number of nitrogens with zero attached hydrogens (tertiary/aromatic N) is 4. The first-order valence-electron chi connectivity index (χ1n) is 12.3. The first kappa shape index (κ1) is 24.0. The number of aliphatic hydroxyl groups excluding tert-OH is 2. The van der Waals surface area contributed by atoms with Gasteiger partial charge in [0.25, 0.3) is 0 Å². The molecule has 198 valence electrons. The van der Waals surface area contributed by atoms with Gasteiger partial charge in [-0.3, -0.25) is 9.36 Å². The van der Waals surface area contributed by atoms with Crippen molar-refractivity contribution >= 4 is 29.0 Å². The fraction of sp³-hybridized carbons (Fsp3) is 0.609. The van der Waals surface area contributed by atoms with Crippen LogP contribution in [0, 0.1) is 17.8 Å². The van der Waals surface area contributed by atoms with Crippen LogP contribution in [0.2, 0.25) is 0 Å². The molecule has 9 atom stereocenters. The molecule has 1 saturated carbocycles. The molecule has 2 aliphatic carbocycles. The highest BCUT2D eigenvalue weighted by Gasteiger charge is 2.49. The molecule has 4 heterocycles. The molecular weight excluding hydrogens is 488 g/mol. The molecule has 0 radical (unpaired) electrons. The van der Waals surface area contributed by atoms with Crippen molar-refractivity contribution in [2.75, 3.05) is 25.1 Å². The Morgan fingerprint density at radius 2 is 2.00 bits per heavy atom. The number of carbonyl (C=O) groups excluding carboxylic acids is 1. The van der Waals surface area contributed by atoms with Crippen LogP contribution in [0.3, 0.4) is 0 Å². The monoisotopic (exact) mass is 516 g/mol. The molecule has 37 heavy (non-hydrogen) atoms. The van der Waals surface area contributed by atoms with Crippen molar-refractivity contribution in [3.05, 3.63) is 24.8 Å². The van der Waals surface area contributed by atoms with E-state index in [1.807, 2.05) is 12.2 Å². The van der Waals surface area contributed by atoms with Gasteiger partial charge in [0, 0.05) is 6.61 Å². The molecule has 2 saturated heterocycles. The molecule has 2 bridgehead atoms. The Hall–Kier alpha value is -3.33. The number of fused-ring (bicyclic) bond motifs is 3. The average molecular weight is 517 g/mol. The summed E-state index contributed by atoms with van der Waals surface area (Å²) in [5.74, 6) is -1.32. The third-order valence-corrected chi connectivity index (χ3v) is 7.65. The molecule has 2 unspecified atom stereocenters. The van der Waals surface area contributed by atoms with E-state index in [2.05, 4.69) is 25.6 Å². The van der Waals surface area contributed by atoms with E-state index in [0.29, 0.717) is 36.6 Å². The maximum absolute atomic E-state index is 12.5. The van der Waals surface area contributed by atoms with E-state index in [1.165, 1.54) is 17.2 Å². The number of carboxylic acid groups (broad SMARTS) is 1. The number of imidazole rings is 1. The molecular formula is C23H28N6O8. The largest absolute Gasteiger partial charge is 0.481 e. The highest BCUT2D eigenvalue weighted by Crippen LogP contribution is 2.44. The number of aliphatic carboxylic acids is 1. The van der Waals surface area contributed by atoms with E-state index in [9.17, 15) is 24.9 Å². The predicted molar refractivity (Wildman–Crippen MR) is 124 cm³/mol. The van der Waals surface area contributed by atoms with Crippen LogP contribution in [0.15, 0.2) is 24.8 Å². The maximum Gasteiger partial charge on any atom is 0.407 e. The van der Waals surface area contributed by atoms with Gasteiger partial charge in [-0.2, -0.15) is 0 Å². The zero-order valence-corrected chi connectivity index (χ0v) is 19.7. The third kappa shape index (κ3) is 4.29. The average Bonchev–Trinajstić information content (AvgIpc) is 3.69. The number of aliphatic hydroxyl groups is 2. The number of ether oxygens (including phenoxy) is 3. The Morgan fingerprint density at radius 1 is 1.16 bits per heavy atom. The molecule has 2 aromatic heterocycles. The van der Waals surface area contributed by atoms with Gasteiger partial charge in [0.2, 0.25) is 0 Å². The van der Waals surface area contributed by atoms with Gasteiger partial charge < -0.3 is 40.2 Å². The summed E-state index contributed by atoms with van der Waals surface area (Å²) in [7, 11) is 0. The molecule has 14 nitrogen and oxygen atoms in total. The van der Waals surface area contributed by atoms with E-state index in [4.69, 9.17) is 14.2 Å². The standard InChI is InChI=1S/C23H28N6O8/c30-17-13(7-36-23(34)28-15-11-2-1-10(5-11)14(15)22(32)33)37-21(18(17)31)29-9-26-16-19(24-8-25-20(16)29)27-12-3-4-35-6-12/h1-2,8-15,17-18,21,30-31H,3-7H2,(H,28,34)(H,32,33)(H,24,25,27)/t10?,11?,12-,13-,14+,15-,17+,18-,21-/m1/s1. The first-order valence-corrected chi connectivity index (χ1v) is 12.3. The molecule has 6 rings (SSSR count). The second-order valence-corrected chi connectivity index (χ2v) is 9.88. The number of rotatable bonds is 7. The van der Waals surface area contributed by atoms with E-state index in [0.717, 1.165) is 6.42 Å². The van der Waals surface area contributed by atoms with E-state index < -0.39 is 48.6 Å². The minimum atomic E-state index is -1.34. The zero-order chi connectivity index (χ0) is 25.7. The second kappa shape index (κ2) is 9.52. The van der Waals surface area contributed by atoms with Crippen LogP contribution in [-0.2, 0) is 19.0 Å². The van der Waals surface area contributed by atoms with Crippen molar-refractivity contribution in [3.63, 3.8) is 0 Å². The van der Waals surface area contributed by atoms with Crippen molar-refractivity contribution in [1.29, 1.82) is 0 Å². The van der Waals surface area contributed by atoms with E-state index in [1.54, 1.807) is 0 Å². The molecule has 3 fully saturated rings. The maximum atomic E-state index is 12.5. The van der Waals surface area contributed by atoms with E-state index >= 15 is 0 Å². The predicted octanol–water partition coefficient (Wildman–Crippen LogP) is -0.352. The summed E-state index contributed by atoms with van der Waals surface area (Å²) < 4.78 is 18.0. The van der Waals surface area contributed by atoms with Crippen LogP contribution in [-0.4, -0.2) is 97.1 Å². The number of nitrogens with one attached hydrogen (secondary N) is 2. The van der Waals surface area contributed by atoms with Gasteiger partial charge in [-0.1, -0.05) is 12.2 Å². The van der Waals surface area contributed by atoms with Crippen molar-refractivity contribution in [1.82, 2.24) is 24.8 Å². The smallest absolute Gasteiger partial charge is 0.407 e. The Bertz CT molecular complexity index is 1220. The lowest BCUT2D eigenvalue weighted by Crippen LogP contribution is -2.46. The molecule has 4 aliphatic rings. The lowest BCUT2D eigenvalue weighted by molar-refractivity contribution is -0.143. The summed E-state index contributed by atoms with van der Waals surface area (Å²) in [6.07, 6.45) is 2.59. The first-order chi connectivity index (χ1) is 17.9. The fourth-order valence-electron chi connectivity index (χ4n) is 5.77. The van der Waals surface area contributed by atoms with Gasteiger partial charge in [-0.05, 0) is 24.7 Å². The van der Waals surface area contributed by atoms with Gasteiger partial charge in [0.15, 0.2) is 23.2 Å². The lowest BCUT2D eigenvalue weighted by Gasteiger charge is -2.25. The van der Waals surface area contributed by atoms with Crippen LogP contribution in [0.5, 0.6) is 0 Å². The number of amides is 1. The molecule has 0 aromatic carbocycles. The molecule has 5 N–H and O–H groups in total. The minimum absolute atomic E-state index is 0.0599. The van der Waals surface area contributed by atoms with Gasteiger partial charge >= 0.3 is 12.1 Å². The zero-order valence-electron chi connectivity index (χ0n) is 19.7. The molecule has 1 amide bonds. The number of carbonyl (C=O) groups is 2. The number of alkyl carbamates (subject to hydrolysis) is 1. The lowest BCUT2D eigenvalue weighted by atomic mass is 9.89. The van der Waals surface area contributed by atoms with E-state index in [-0.39, 0.29) is 24.5 Å². The van der Waals surface area contributed by atoms with Crippen molar-refractivity contribution in [3.8, 4) is 0 Å². The molecule has 2 aromatic rings. The van der Waals surface area contributed by atoms with Gasteiger partial charge in [-0.25, -0.2) is 19.7 Å². The minimum Gasteiger partial charge on any atom is -0.481 e. The number of carboxylic acids is 1.